The van der Waals surface area contributed by atoms with Crippen molar-refractivity contribution in [1.82, 2.24) is 4.90 Å². The molecule has 2 heterocycles. The van der Waals surface area contributed by atoms with E-state index in [9.17, 15) is 0 Å². The lowest BCUT2D eigenvalue weighted by Crippen LogP contribution is -2.55. The first-order valence-corrected chi connectivity index (χ1v) is 8.23. The van der Waals surface area contributed by atoms with Gasteiger partial charge in [-0.2, -0.15) is 11.8 Å². The summed E-state index contributed by atoms with van der Waals surface area (Å²) >= 11 is 2.11. The Balaban J connectivity index is 2.06. The number of thioether (sulfide) groups is 1. The van der Waals surface area contributed by atoms with Gasteiger partial charge in [-0.1, -0.05) is 13.8 Å². The highest BCUT2D eigenvalue weighted by atomic mass is 32.2. The first kappa shape index (κ1) is 14.6. The zero-order valence-corrected chi connectivity index (χ0v) is 12.7. The van der Waals surface area contributed by atoms with Crippen molar-refractivity contribution >= 4 is 11.8 Å². The summed E-state index contributed by atoms with van der Waals surface area (Å²) in [5, 5.41) is 0. The van der Waals surface area contributed by atoms with Crippen LogP contribution in [0.15, 0.2) is 0 Å². The summed E-state index contributed by atoms with van der Waals surface area (Å²) in [5.41, 5.74) is 6.36. The lowest BCUT2D eigenvalue weighted by atomic mass is 9.88. The van der Waals surface area contributed by atoms with Crippen molar-refractivity contribution < 1.29 is 4.74 Å². The summed E-state index contributed by atoms with van der Waals surface area (Å²) in [6.45, 7) is 9.68. The minimum atomic E-state index is 0.206. The molecule has 0 spiro atoms. The van der Waals surface area contributed by atoms with Crippen LogP contribution < -0.4 is 5.73 Å². The van der Waals surface area contributed by atoms with E-state index in [2.05, 4.69) is 30.5 Å². The molecule has 0 saturated carbocycles. The molecular weight excluding hydrogens is 244 g/mol. The van der Waals surface area contributed by atoms with Crippen LogP contribution in [0.3, 0.4) is 0 Å². The normalized spacial score (nSPS) is 34.8. The molecule has 0 aromatic heterocycles. The van der Waals surface area contributed by atoms with E-state index in [0.29, 0.717) is 4.75 Å². The van der Waals surface area contributed by atoms with Crippen molar-refractivity contribution in [2.45, 2.75) is 49.8 Å². The number of hydrogen-bond acceptors (Lipinski definition) is 4. The molecule has 0 aromatic rings. The van der Waals surface area contributed by atoms with Crippen molar-refractivity contribution in [3.63, 3.8) is 0 Å². The van der Waals surface area contributed by atoms with Crippen LogP contribution in [0, 0.1) is 0 Å². The Bertz CT molecular complexity index is 263. The Morgan fingerprint density at radius 1 is 1.17 bits per heavy atom. The van der Waals surface area contributed by atoms with E-state index in [-0.39, 0.29) is 5.54 Å². The minimum absolute atomic E-state index is 0.206. The summed E-state index contributed by atoms with van der Waals surface area (Å²) in [4.78, 5) is 2.67. The first-order valence-electron chi connectivity index (χ1n) is 7.25. The topological polar surface area (TPSA) is 38.5 Å². The molecule has 0 amide bonds. The van der Waals surface area contributed by atoms with Gasteiger partial charge in [0.1, 0.15) is 0 Å². The van der Waals surface area contributed by atoms with Crippen LogP contribution in [0.1, 0.15) is 39.5 Å². The smallest absolute Gasteiger partial charge is 0.0484 e. The fourth-order valence-electron chi connectivity index (χ4n) is 3.14. The fraction of sp³-hybridized carbons (Fsp3) is 1.00. The van der Waals surface area contributed by atoms with Gasteiger partial charge in [0.05, 0.1) is 0 Å². The molecule has 2 aliphatic heterocycles. The number of ether oxygens (including phenoxy) is 1. The predicted octanol–water partition coefficient (Wildman–Crippen LogP) is 2.10. The quantitative estimate of drug-likeness (QED) is 0.835. The van der Waals surface area contributed by atoms with Crippen molar-refractivity contribution in [3.8, 4) is 0 Å². The van der Waals surface area contributed by atoms with E-state index >= 15 is 0 Å². The van der Waals surface area contributed by atoms with Gasteiger partial charge in [0.25, 0.3) is 0 Å². The van der Waals surface area contributed by atoms with Gasteiger partial charge in [0.15, 0.2) is 0 Å². The van der Waals surface area contributed by atoms with Gasteiger partial charge in [0, 0.05) is 48.9 Å². The highest BCUT2D eigenvalue weighted by molar-refractivity contribution is 8.00. The predicted molar refractivity (Wildman–Crippen MR) is 79.2 cm³/mol. The monoisotopic (exact) mass is 272 g/mol. The van der Waals surface area contributed by atoms with Crippen LogP contribution in [0.5, 0.6) is 0 Å². The standard InChI is InChI=1S/C14H28N2OS/c1-13(2)5-7-16(8-11-18-13)14(12-15)4-3-9-17-10-6-14/h3-12,15H2,1-2H3. The summed E-state index contributed by atoms with van der Waals surface area (Å²) < 4.78 is 6.05. The molecule has 3 nitrogen and oxygen atoms in total. The van der Waals surface area contributed by atoms with E-state index in [0.717, 1.165) is 32.6 Å². The van der Waals surface area contributed by atoms with E-state index in [1.807, 2.05) is 0 Å². The Labute approximate surface area is 116 Å². The maximum absolute atomic E-state index is 6.15. The third kappa shape index (κ3) is 3.41. The van der Waals surface area contributed by atoms with Gasteiger partial charge >= 0.3 is 0 Å². The summed E-state index contributed by atoms with van der Waals surface area (Å²) in [6.07, 6.45) is 4.73. The third-order valence-electron chi connectivity index (χ3n) is 4.53. The van der Waals surface area contributed by atoms with Crippen LogP contribution in [0.4, 0.5) is 0 Å². The Hall–Kier alpha value is 0.230. The van der Waals surface area contributed by atoms with Crippen molar-refractivity contribution in [1.29, 1.82) is 0 Å². The molecule has 2 saturated heterocycles. The van der Waals surface area contributed by atoms with E-state index in [1.54, 1.807) is 0 Å². The maximum atomic E-state index is 6.15. The molecule has 4 heteroatoms. The second-order valence-corrected chi connectivity index (χ2v) is 8.04. The molecule has 106 valence electrons. The molecular formula is C14H28N2OS. The van der Waals surface area contributed by atoms with E-state index < -0.39 is 0 Å². The Morgan fingerprint density at radius 3 is 2.78 bits per heavy atom. The summed E-state index contributed by atoms with van der Waals surface area (Å²) in [5.74, 6) is 1.23. The molecule has 18 heavy (non-hydrogen) atoms. The van der Waals surface area contributed by atoms with Crippen LogP contribution in [0.25, 0.3) is 0 Å². The highest BCUT2D eigenvalue weighted by Crippen LogP contribution is 2.35. The van der Waals surface area contributed by atoms with Gasteiger partial charge in [-0.05, 0) is 25.7 Å². The molecule has 0 bridgehead atoms. The zero-order valence-electron chi connectivity index (χ0n) is 11.9. The lowest BCUT2D eigenvalue weighted by Gasteiger charge is -2.42. The third-order valence-corrected chi connectivity index (χ3v) is 5.90. The van der Waals surface area contributed by atoms with Crippen LogP contribution >= 0.6 is 11.8 Å². The van der Waals surface area contributed by atoms with Crippen LogP contribution in [-0.2, 0) is 4.74 Å². The zero-order chi connectivity index (χ0) is 13.1. The minimum Gasteiger partial charge on any atom is -0.381 e. The van der Waals surface area contributed by atoms with E-state index in [1.165, 1.54) is 31.7 Å². The maximum Gasteiger partial charge on any atom is 0.0484 e. The second kappa shape index (κ2) is 6.12. The first-order chi connectivity index (χ1) is 8.58. The van der Waals surface area contributed by atoms with Crippen molar-refractivity contribution in [2.24, 2.45) is 5.73 Å². The molecule has 2 N–H and O–H groups in total. The number of nitrogens with zero attached hydrogens (tertiary/aromatic N) is 1. The van der Waals surface area contributed by atoms with Crippen molar-refractivity contribution in [2.75, 3.05) is 38.6 Å². The average Bonchev–Trinajstić information content (AvgIpc) is 2.68. The molecule has 2 aliphatic rings. The SMILES string of the molecule is CC1(C)CCN(C2(CN)CCCOCC2)CCS1. The van der Waals surface area contributed by atoms with Gasteiger partial charge in [-0.15, -0.1) is 0 Å². The van der Waals surface area contributed by atoms with Gasteiger partial charge in [0.2, 0.25) is 0 Å². The molecule has 0 radical (unpaired) electrons. The summed E-state index contributed by atoms with van der Waals surface area (Å²) in [7, 11) is 0. The lowest BCUT2D eigenvalue weighted by molar-refractivity contribution is 0.0714. The number of hydrogen-bond donors (Lipinski definition) is 1. The fourth-order valence-corrected chi connectivity index (χ4v) is 4.24. The van der Waals surface area contributed by atoms with Crippen LogP contribution in [-0.4, -0.2) is 53.8 Å². The molecule has 1 atom stereocenters. The molecule has 2 fully saturated rings. The van der Waals surface area contributed by atoms with Crippen molar-refractivity contribution in [3.05, 3.63) is 0 Å². The molecule has 2 rings (SSSR count). The van der Waals surface area contributed by atoms with E-state index in [4.69, 9.17) is 10.5 Å². The molecule has 1 unspecified atom stereocenters. The van der Waals surface area contributed by atoms with Gasteiger partial charge < -0.3 is 10.5 Å². The molecule has 0 aliphatic carbocycles. The Morgan fingerprint density at radius 2 is 2.00 bits per heavy atom. The number of rotatable bonds is 2. The van der Waals surface area contributed by atoms with Crippen LogP contribution in [0.2, 0.25) is 0 Å². The largest absolute Gasteiger partial charge is 0.381 e. The van der Waals surface area contributed by atoms with Gasteiger partial charge in [-0.25, -0.2) is 0 Å². The average molecular weight is 272 g/mol. The molecule has 0 aromatic carbocycles. The highest BCUT2D eigenvalue weighted by Gasteiger charge is 2.38. The number of nitrogens with two attached hydrogens (primary N) is 1. The van der Waals surface area contributed by atoms with Gasteiger partial charge in [-0.3, -0.25) is 4.90 Å². The second-order valence-electron chi connectivity index (χ2n) is 6.24. The summed E-state index contributed by atoms with van der Waals surface area (Å²) in [6, 6.07) is 0. The Kier molecular flexibility index (Phi) is 4.98.